The number of hydrogen-bond acceptors (Lipinski definition) is 2. The summed E-state index contributed by atoms with van der Waals surface area (Å²) in [7, 11) is 11.1. The van der Waals surface area contributed by atoms with Crippen LogP contribution in [0.3, 0.4) is 0 Å². The molecule has 5 heteroatoms. The minimum Gasteiger partial charge on any atom is -0.502 e. The Morgan fingerprint density at radius 2 is 1.12 bits per heavy atom. The quantitative estimate of drug-likeness (QED) is 0.255. The molecule has 1 aliphatic heterocycles. The first-order chi connectivity index (χ1) is 15.8. The molecular formula is C29H42Cl2N2Ru-2. The number of allylic oxidation sites excluding steroid dienone is 1. The van der Waals surface area contributed by atoms with Gasteiger partial charge in [-0.05, 0) is 63.8 Å². The van der Waals surface area contributed by atoms with Crippen molar-refractivity contribution in [3.63, 3.8) is 0 Å². The van der Waals surface area contributed by atoms with Gasteiger partial charge in [-0.2, -0.15) is 13.6 Å². The summed E-state index contributed by atoms with van der Waals surface area (Å²) in [6.45, 7) is 28.8. The number of aryl methyl sites for hydroxylation is 6. The fourth-order valence-electron chi connectivity index (χ4n) is 4.28. The summed E-state index contributed by atoms with van der Waals surface area (Å²) in [5, 5.41) is 0. The van der Waals surface area contributed by atoms with Gasteiger partial charge in [0.25, 0.3) is 0 Å². The van der Waals surface area contributed by atoms with Gasteiger partial charge in [0.05, 0.1) is 0 Å². The van der Waals surface area contributed by atoms with Gasteiger partial charge in [-0.15, -0.1) is 0 Å². The first-order valence-corrected chi connectivity index (χ1v) is 17.0. The van der Waals surface area contributed by atoms with Crippen molar-refractivity contribution in [2.75, 3.05) is 22.9 Å². The largest absolute Gasteiger partial charge is 0.502 e. The second kappa shape index (κ2) is 13.8. The molecule has 3 rings (SSSR count). The predicted molar refractivity (Wildman–Crippen MR) is 152 cm³/mol. The molecule has 0 aromatic heterocycles. The third-order valence-electron chi connectivity index (χ3n) is 5.27. The van der Waals surface area contributed by atoms with Crippen molar-refractivity contribution in [2.45, 2.75) is 69.2 Å². The second-order valence-corrected chi connectivity index (χ2v) is 15.2. The zero-order chi connectivity index (χ0) is 26.2. The molecule has 0 N–H and O–H groups in total. The molecule has 0 saturated carbocycles. The van der Waals surface area contributed by atoms with Gasteiger partial charge >= 0.3 is 69.4 Å². The third kappa shape index (κ3) is 9.50. The molecule has 1 fully saturated rings. The van der Waals surface area contributed by atoms with E-state index in [1.54, 1.807) is 6.92 Å². The maximum absolute atomic E-state index is 5.55. The molecule has 2 nitrogen and oxygen atoms in total. The van der Waals surface area contributed by atoms with Crippen LogP contribution in [0.2, 0.25) is 0 Å². The topological polar surface area (TPSA) is 6.48 Å². The van der Waals surface area contributed by atoms with E-state index in [1.807, 2.05) is 6.08 Å². The number of hydrogen-bond donors (Lipinski definition) is 0. The molecule has 1 heterocycles. The Labute approximate surface area is 222 Å². The summed E-state index contributed by atoms with van der Waals surface area (Å²) < 4.78 is 2.93. The molecular weight excluding hydrogens is 548 g/mol. The fraction of sp³-hybridized carbons (Fsp3) is 0.448. The Morgan fingerprint density at radius 1 is 0.794 bits per heavy atom. The molecule has 0 radical (unpaired) electrons. The summed E-state index contributed by atoms with van der Waals surface area (Å²) in [6.07, 6.45) is 1.94. The monoisotopic (exact) mass is 590 g/mol. The van der Waals surface area contributed by atoms with E-state index in [4.69, 9.17) is 19.4 Å². The summed E-state index contributed by atoms with van der Waals surface area (Å²) in [4.78, 5) is 4.81. The zero-order valence-electron chi connectivity index (χ0n) is 22.6. The molecule has 1 aliphatic rings. The van der Waals surface area contributed by atoms with Crippen molar-refractivity contribution in [1.29, 1.82) is 0 Å². The molecule has 0 amide bonds. The van der Waals surface area contributed by atoms with E-state index in [0.29, 0.717) is 0 Å². The molecule has 192 valence electrons. The molecule has 0 unspecified atom stereocenters. The number of halogens is 2. The van der Waals surface area contributed by atoms with Crippen LogP contribution in [-0.2, 0) is 13.5 Å². The Balaban J connectivity index is 0.000000446. The normalized spacial score (nSPS) is 13.4. The van der Waals surface area contributed by atoms with Crippen molar-refractivity contribution in [1.82, 2.24) is 0 Å². The standard InChI is InChI=1S/C21H27N2.C6H10.C2H5.2ClH.Ru/c1-14-9-16(3)20(17(4)10-14)22-7-8-23(13-22)21-18(5)11-15(2)12-19(21)6;1-5-6(2,3)4;1-2;;;/h9-13H,7-8H2,1-6H3;5H,2-4H3;1H2,2H3;2*1H;/q-1;;-1;;;+2/p-2. The van der Waals surface area contributed by atoms with Crippen LogP contribution < -0.4 is 9.80 Å². The van der Waals surface area contributed by atoms with Gasteiger partial charge in [0.1, 0.15) is 0 Å². The van der Waals surface area contributed by atoms with E-state index in [1.165, 1.54) is 44.8 Å². The van der Waals surface area contributed by atoms with E-state index in [2.05, 4.69) is 114 Å². The first-order valence-electron chi connectivity index (χ1n) is 11.6. The molecule has 34 heavy (non-hydrogen) atoms. The summed E-state index contributed by atoms with van der Waals surface area (Å²) in [5.41, 5.74) is 11.0. The Bertz CT molecular complexity index is 917. The third-order valence-corrected chi connectivity index (χ3v) is 6.81. The van der Waals surface area contributed by atoms with E-state index >= 15 is 0 Å². The van der Waals surface area contributed by atoms with E-state index < -0.39 is 13.5 Å². The van der Waals surface area contributed by atoms with Gasteiger partial charge in [-0.3, -0.25) is 0 Å². The molecule has 1 saturated heterocycles. The van der Waals surface area contributed by atoms with Crippen LogP contribution in [0.1, 0.15) is 61.1 Å². The van der Waals surface area contributed by atoms with Gasteiger partial charge in [-0.25, -0.2) is 0 Å². The van der Waals surface area contributed by atoms with Crippen LogP contribution in [-0.4, -0.2) is 17.4 Å². The van der Waals surface area contributed by atoms with E-state index in [9.17, 15) is 0 Å². The van der Waals surface area contributed by atoms with Crippen LogP contribution in [0.25, 0.3) is 0 Å². The average Bonchev–Trinajstić information content (AvgIpc) is 3.15. The van der Waals surface area contributed by atoms with Crippen LogP contribution in [0.4, 0.5) is 11.4 Å². The number of benzene rings is 2. The SMILES string of the molecule is CC(C)(C)C=[C]=[Ru]([Cl])[Cl].Cc1cc(C)c(N2[CH-]N(c3c(C)cc(C)cc3C)CC2)c(C)c1.[CH2-]C. The maximum Gasteiger partial charge on any atom is 0.0146 e. The van der Waals surface area contributed by atoms with Crippen molar-refractivity contribution in [3.05, 3.63) is 77.3 Å². The van der Waals surface area contributed by atoms with Crippen molar-refractivity contribution < 1.29 is 13.5 Å². The summed E-state index contributed by atoms with van der Waals surface area (Å²) in [6, 6.07) is 9.12. The number of nitrogens with zero attached hydrogens (tertiary/aromatic N) is 2. The number of anilines is 2. The molecule has 0 atom stereocenters. The second-order valence-electron chi connectivity index (χ2n) is 9.79. The van der Waals surface area contributed by atoms with E-state index in [-0.39, 0.29) is 5.41 Å². The minimum absolute atomic E-state index is 0.163. The fourth-order valence-corrected chi connectivity index (χ4v) is 5.68. The molecule has 0 bridgehead atoms. The van der Waals surface area contributed by atoms with Gasteiger partial charge in [0.2, 0.25) is 0 Å². The average molecular weight is 591 g/mol. The smallest absolute Gasteiger partial charge is 0.0146 e. The van der Waals surface area contributed by atoms with Crippen LogP contribution in [0, 0.1) is 60.5 Å². The molecule has 0 aliphatic carbocycles. The first kappa shape index (κ1) is 30.9. The zero-order valence-corrected chi connectivity index (χ0v) is 25.8. The van der Waals surface area contributed by atoms with Crippen LogP contribution in [0.15, 0.2) is 30.3 Å². The Morgan fingerprint density at radius 3 is 1.35 bits per heavy atom. The van der Waals surface area contributed by atoms with Crippen LogP contribution in [0.5, 0.6) is 0 Å². The molecule has 0 spiro atoms. The Hall–Kier alpha value is -1.11. The molecule has 2 aromatic carbocycles. The maximum atomic E-state index is 5.55. The minimum atomic E-state index is -1.67. The molecule has 2 aromatic rings. The van der Waals surface area contributed by atoms with Crippen molar-refractivity contribution in [3.8, 4) is 0 Å². The van der Waals surface area contributed by atoms with E-state index in [0.717, 1.165) is 13.1 Å². The number of rotatable bonds is 2. The van der Waals surface area contributed by atoms with Crippen LogP contribution >= 0.6 is 19.4 Å². The van der Waals surface area contributed by atoms with Gasteiger partial charge < -0.3 is 16.7 Å². The predicted octanol–water partition coefficient (Wildman–Crippen LogP) is 8.74. The van der Waals surface area contributed by atoms with Gasteiger partial charge in [0.15, 0.2) is 0 Å². The Kier molecular flexibility index (Phi) is 12.6. The summed E-state index contributed by atoms with van der Waals surface area (Å²) in [5.74, 6) is 0. The van der Waals surface area contributed by atoms with Crippen molar-refractivity contribution >= 4 is 35.0 Å². The van der Waals surface area contributed by atoms with Crippen molar-refractivity contribution in [2.24, 2.45) is 5.41 Å². The summed E-state index contributed by atoms with van der Waals surface area (Å²) >= 11 is -1.67. The van der Waals surface area contributed by atoms with Gasteiger partial charge in [-0.1, -0.05) is 35.4 Å². The van der Waals surface area contributed by atoms with Gasteiger partial charge in [0, 0.05) is 24.5 Å².